The van der Waals surface area contributed by atoms with Crippen LogP contribution in [0.3, 0.4) is 0 Å². The lowest BCUT2D eigenvalue weighted by molar-refractivity contribution is -0.182. The molecular weight excluding hydrogens is 534 g/mol. The Bertz CT molecular complexity index is 820. The molecule has 0 spiro atoms. The third-order valence-electron chi connectivity index (χ3n) is 4.96. The lowest BCUT2D eigenvalue weighted by Crippen LogP contribution is -2.46. The van der Waals surface area contributed by atoms with Crippen LogP contribution in [-0.2, 0) is 6.42 Å². The fourth-order valence-electron chi connectivity index (χ4n) is 3.31. The fourth-order valence-corrected chi connectivity index (χ4v) is 3.44. The standard InChI is InChI=1S/C19H23ClF3N5O.HI/c1-24-18(26-15-8-4-13(5-9-15)19(21,22)23)25-11-10-16-27-17(28-29-16)12-2-6-14(20)7-3-12;/h2-3,6-7,13,15H,4-5,8-11H2,1H3,(H2,24,25,26);1H. The van der Waals surface area contributed by atoms with Crippen LogP contribution in [-0.4, -0.2) is 41.9 Å². The monoisotopic (exact) mass is 557 g/mol. The minimum atomic E-state index is -4.10. The zero-order valence-electron chi connectivity index (χ0n) is 16.4. The molecule has 30 heavy (non-hydrogen) atoms. The van der Waals surface area contributed by atoms with E-state index in [-0.39, 0.29) is 42.9 Å². The first-order valence-corrected chi connectivity index (χ1v) is 9.85. The van der Waals surface area contributed by atoms with Crippen molar-refractivity contribution in [3.63, 3.8) is 0 Å². The molecule has 0 bridgehead atoms. The first-order chi connectivity index (χ1) is 13.8. The van der Waals surface area contributed by atoms with Crippen molar-refractivity contribution >= 4 is 41.5 Å². The maximum atomic E-state index is 12.8. The number of guanidine groups is 1. The van der Waals surface area contributed by atoms with Crippen molar-refractivity contribution in [2.24, 2.45) is 10.9 Å². The van der Waals surface area contributed by atoms with Gasteiger partial charge in [0.15, 0.2) is 5.96 Å². The van der Waals surface area contributed by atoms with Crippen LogP contribution in [0.5, 0.6) is 0 Å². The Labute approximate surface area is 195 Å². The highest BCUT2D eigenvalue weighted by Crippen LogP contribution is 2.37. The zero-order chi connectivity index (χ0) is 20.9. The van der Waals surface area contributed by atoms with Crippen LogP contribution >= 0.6 is 35.6 Å². The number of hydrogen-bond donors (Lipinski definition) is 2. The summed E-state index contributed by atoms with van der Waals surface area (Å²) in [7, 11) is 1.63. The molecule has 0 atom stereocenters. The first kappa shape index (κ1) is 24.7. The lowest BCUT2D eigenvalue weighted by atomic mass is 9.85. The Morgan fingerprint density at radius 2 is 1.87 bits per heavy atom. The molecule has 1 fully saturated rings. The van der Waals surface area contributed by atoms with Crippen molar-refractivity contribution in [2.75, 3.05) is 13.6 Å². The number of halogens is 5. The van der Waals surface area contributed by atoms with Crippen LogP contribution in [0.1, 0.15) is 31.6 Å². The molecule has 0 unspecified atom stereocenters. The van der Waals surface area contributed by atoms with Gasteiger partial charge in [0.2, 0.25) is 11.7 Å². The normalized spacial score (nSPS) is 19.8. The van der Waals surface area contributed by atoms with E-state index in [1.807, 2.05) is 12.1 Å². The summed E-state index contributed by atoms with van der Waals surface area (Å²) >= 11 is 5.87. The number of hydrogen-bond acceptors (Lipinski definition) is 4. The maximum absolute atomic E-state index is 12.8. The number of nitrogens with zero attached hydrogens (tertiary/aromatic N) is 3. The Morgan fingerprint density at radius 1 is 1.20 bits per heavy atom. The van der Waals surface area contributed by atoms with Gasteiger partial charge < -0.3 is 15.2 Å². The fraction of sp³-hybridized carbons (Fsp3) is 0.526. The number of aliphatic imine (C=N–C) groups is 1. The molecule has 0 saturated heterocycles. The molecule has 1 aliphatic carbocycles. The van der Waals surface area contributed by atoms with Gasteiger partial charge in [-0.3, -0.25) is 4.99 Å². The van der Waals surface area contributed by atoms with Crippen molar-refractivity contribution in [2.45, 2.75) is 44.3 Å². The first-order valence-electron chi connectivity index (χ1n) is 9.47. The Kier molecular flexibility index (Phi) is 9.20. The molecule has 0 radical (unpaired) electrons. The molecule has 1 saturated carbocycles. The Balaban J connectivity index is 0.00000320. The van der Waals surface area contributed by atoms with Crippen LogP contribution in [0.4, 0.5) is 13.2 Å². The molecular formula is C19H24ClF3IN5O. The van der Waals surface area contributed by atoms with Gasteiger partial charge in [-0.15, -0.1) is 24.0 Å². The minimum absolute atomic E-state index is 0. The van der Waals surface area contributed by atoms with E-state index in [1.54, 1.807) is 19.2 Å². The number of rotatable bonds is 5. The number of nitrogens with one attached hydrogen (secondary N) is 2. The van der Waals surface area contributed by atoms with Gasteiger partial charge in [0.25, 0.3) is 0 Å². The molecule has 1 aromatic heterocycles. The molecule has 0 amide bonds. The maximum Gasteiger partial charge on any atom is 0.391 e. The summed E-state index contributed by atoms with van der Waals surface area (Å²) in [5.74, 6) is 0.324. The van der Waals surface area contributed by atoms with Crippen LogP contribution in [0.25, 0.3) is 11.4 Å². The SMILES string of the molecule is CN=C(NCCc1nc(-c2ccc(Cl)cc2)no1)NC1CCC(C(F)(F)F)CC1.I. The van der Waals surface area contributed by atoms with Crippen molar-refractivity contribution in [1.29, 1.82) is 0 Å². The van der Waals surface area contributed by atoms with E-state index < -0.39 is 12.1 Å². The summed E-state index contributed by atoms with van der Waals surface area (Å²) in [6.07, 6.45) is -2.37. The number of alkyl halides is 3. The van der Waals surface area contributed by atoms with E-state index in [0.717, 1.165) is 5.56 Å². The second-order valence-corrected chi connectivity index (χ2v) is 7.44. The van der Waals surface area contributed by atoms with Gasteiger partial charge in [-0.05, 0) is 49.9 Å². The van der Waals surface area contributed by atoms with E-state index in [1.165, 1.54) is 0 Å². The van der Waals surface area contributed by atoms with Crippen molar-refractivity contribution in [1.82, 2.24) is 20.8 Å². The van der Waals surface area contributed by atoms with E-state index in [2.05, 4.69) is 25.8 Å². The molecule has 6 nitrogen and oxygen atoms in total. The highest BCUT2D eigenvalue weighted by molar-refractivity contribution is 14.0. The second kappa shape index (κ2) is 11.2. The molecule has 3 rings (SSSR count). The van der Waals surface area contributed by atoms with Crippen molar-refractivity contribution in [3.8, 4) is 11.4 Å². The molecule has 1 aliphatic rings. The summed E-state index contributed by atoms with van der Waals surface area (Å²) in [6.45, 7) is 0.500. The molecule has 11 heteroatoms. The topological polar surface area (TPSA) is 75.3 Å². The molecule has 0 aliphatic heterocycles. The predicted octanol–water partition coefficient (Wildman–Crippen LogP) is 4.84. The summed E-state index contributed by atoms with van der Waals surface area (Å²) in [5.41, 5.74) is 0.810. The van der Waals surface area contributed by atoms with E-state index in [9.17, 15) is 13.2 Å². The van der Waals surface area contributed by atoms with Crippen molar-refractivity contribution in [3.05, 3.63) is 35.2 Å². The highest BCUT2D eigenvalue weighted by Gasteiger charge is 2.41. The number of aromatic nitrogens is 2. The van der Waals surface area contributed by atoms with Gasteiger partial charge in [-0.2, -0.15) is 18.2 Å². The quantitative estimate of drug-likeness (QED) is 0.313. The number of benzene rings is 1. The lowest BCUT2D eigenvalue weighted by Gasteiger charge is -2.31. The van der Waals surface area contributed by atoms with Gasteiger partial charge in [0, 0.05) is 36.6 Å². The van der Waals surface area contributed by atoms with Crippen LogP contribution in [0.2, 0.25) is 5.02 Å². The second-order valence-electron chi connectivity index (χ2n) is 7.00. The average molecular weight is 558 g/mol. The molecule has 1 heterocycles. The van der Waals surface area contributed by atoms with Gasteiger partial charge in [0.1, 0.15) is 0 Å². The van der Waals surface area contributed by atoms with Gasteiger partial charge in [-0.1, -0.05) is 16.8 Å². The highest BCUT2D eigenvalue weighted by atomic mass is 127. The largest absolute Gasteiger partial charge is 0.391 e. The van der Waals surface area contributed by atoms with Crippen LogP contribution in [0.15, 0.2) is 33.8 Å². The summed E-state index contributed by atoms with van der Waals surface area (Å²) in [4.78, 5) is 8.49. The van der Waals surface area contributed by atoms with Crippen molar-refractivity contribution < 1.29 is 17.7 Å². The molecule has 1 aromatic carbocycles. The van der Waals surface area contributed by atoms with Gasteiger partial charge in [-0.25, -0.2) is 0 Å². The Morgan fingerprint density at radius 3 is 2.47 bits per heavy atom. The van der Waals surface area contributed by atoms with E-state index in [4.69, 9.17) is 16.1 Å². The zero-order valence-corrected chi connectivity index (χ0v) is 19.5. The van der Waals surface area contributed by atoms with Crippen LogP contribution < -0.4 is 10.6 Å². The van der Waals surface area contributed by atoms with Gasteiger partial charge >= 0.3 is 6.18 Å². The predicted molar refractivity (Wildman–Crippen MR) is 120 cm³/mol. The smallest absolute Gasteiger partial charge is 0.356 e. The summed E-state index contributed by atoms with van der Waals surface area (Å²) in [5, 5.41) is 10.9. The van der Waals surface area contributed by atoms with Gasteiger partial charge in [0.05, 0.1) is 5.92 Å². The summed E-state index contributed by atoms with van der Waals surface area (Å²) in [6, 6.07) is 7.13. The third-order valence-corrected chi connectivity index (χ3v) is 5.21. The molecule has 166 valence electrons. The van der Waals surface area contributed by atoms with E-state index in [0.29, 0.717) is 48.5 Å². The minimum Gasteiger partial charge on any atom is -0.356 e. The average Bonchev–Trinajstić information content (AvgIpc) is 3.16. The molecule has 2 aromatic rings. The van der Waals surface area contributed by atoms with Crippen LogP contribution in [0, 0.1) is 5.92 Å². The molecule has 2 N–H and O–H groups in total. The van der Waals surface area contributed by atoms with E-state index >= 15 is 0 Å². The third kappa shape index (κ3) is 7.00. The Hall–Kier alpha value is -1.56. The summed E-state index contributed by atoms with van der Waals surface area (Å²) < 4.78 is 43.6.